The van der Waals surface area contributed by atoms with Crippen molar-refractivity contribution in [2.45, 2.75) is 25.2 Å². The monoisotopic (exact) mass is 289 g/mol. The molecule has 0 radical (unpaired) electrons. The van der Waals surface area contributed by atoms with Gasteiger partial charge in [0, 0.05) is 23.8 Å². The standard InChI is InChI=1S/C14H15N3O2S/c18-13(19)10-3-4-11-12(10)17-14(20-11)16-7-5-9-2-1-6-15-8-9/h1-2,6,8,10H,3-5,7H2,(H,16,17)(H,18,19). The highest BCUT2D eigenvalue weighted by Gasteiger charge is 2.32. The zero-order chi connectivity index (χ0) is 13.9. The van der Waals surface area contributed by atoms with E-state index in [4.69, 9.17) is 5.11 Å². The second-order valence-corrected chi connectivity index (χ2v) is 5.88. The van der Waals surface area contributed by atoms with E-state index in [1.54, 1.807) is 17.5 Å². The normalized spacial score (nSPS) is 16.9. The molecular formula is C14H15N3O2S. The van der Waals surface area contributed by atoms with E-state index >= 15 is 0 Å². The molecule has 1 aliphatic rings. The van der Waals surface area contributed by atoms with Gasteiger partial charge in [-0.15, -0.1) is 11.3 Å². The third kappa shape index (κ3) is 2.65. The Morgan fingerprint density at radius 3 is 3.20 bits per heavy atom. The van der Waals surface area contributed by atoms with Gasteiger partial charge in [0.15, 0.2) is 5.13 Å². The van der Waals surface area contributed by atoms with Crippen LogP contribution in [0.5, 0.6) is 0 Å². The molecule has 0 amide bonds. The number of nitrogens with one attached hydrogen (secondary N) is 1. The summed E-state index contributed by atoms with van der Waals surface area (Å²) in [7, 11) is 0. The van der Waals surface area contributed by atoms with E-state index in [2.05, 4.69) is 15.3 Å². The molecule has 0 fully saturated rings. The van der Waals surface area contributed by atoms with Crippen molar-refractivity contribution in [1.82, 2.24) is 9.97 Å². The maximum Gasteiger partial charge on any atom is 0.312 e. The van der Waals surface area contributed by atoms with Crippen LogP contribution in [-0.4, -0.2) is 27.6 Å². The minimum atomic E-state index is -0.768. The average Bonchev–Trinajstić information content (AvgIpc) is 2.99. The summed E-state index contributed by atoms with van der Waals surface area (Å²) in [5.74, 6) is -1.19. The Balaban J connectivity index is 1.60. The summed E-state index contributed by atoms with van der Waals surface area (Å²) in [5.41, 5.74) is 1.93. The maximum atomic E-state index is 11.1. The van der Waals surface area contributed by atoms with Crippen LogP contribution in [0.2, 0.25) is 0 Å². The Bertz CT molecular complexity index is 612. The molecule has 2 aromatic rings. The number of pyridine rings is 1. The fourth-order valence-corrected chi connectivity index (χ4v) is 3.47. The number of carboxylic acid groups (broad SMARTS) is 1. The molecule has 6 heteroatoms. The Hall–Kier alpha value is -1.95. The number of hydrogen-bond donors (Lipinski definition) is 2. The van der Waals surface area contributed by atoms with Crippen LogP contribution >= 0.6 is 11.3 Å². The molecule has 1 aliphatic carbocycles. The molecule has 0 aromatic carbocycles. The van der Waals surface area contributed by atoms with Crippen LogP contribution in [0.15, 0.2) is 24.5 Å². The lowest BCUT2D eigenvalue weighted by molar-refractivity contribution is -0.138. The van der Waals surface area contributed by atoms with Crippen molar-refractivity contribution in [3.8, 4) is 0 Å². The molecule has 1 unspecified atom stereocenters. The average molecular weight is 289 g/mol. The van der Waals surface area contributed by atoms with Gasteiger partial charge in [-0.05, 0) is 30.9 Å². The van der Waals surface area contributed by atoms with Crippen molar-refractivity contribution < 1.29 is 9.90 Å². The summed E-state index contributed by atoms with van der Waals surface area (Å²) in [5, 5.41) is 13.2. The van der Waals surface area contributed by atoms with E-state index < -0.39 is 11.9 Å². The summed E-state index contributed by atoms with van der Waals surface area (Å²) in [6, 6.07) is 3.96. The topological polar surface area (TPSA) is 75.1 Å². The van der Waals surface area contributed by atoms with Crippen LogP contribution in [-0.2, 0) is 17.6 Å². The van der Waals surface area contributed by atoms with Crippen molar-refractivity contribution in [3.05, 3.63) is 40.7 Å². The highest BCUT2D eigenvalue weighted by Crippen LogP contribution is 2.38. The van der Waals surface area contributed by atoms with Gasteiger partial charge in [-0.3, -0.25) is 9.78 Å². The quantitative estimate of drug-likeness (QED) is 0.883. The molecule has 0 aliphatic heterocycles. The number of aromatic nitrogens is 2. The summed E-state index contributed by atoms with van der Waals surface area (Å²) >= 11 is 1.58. The van der Waals surface area contributed by atoms with Crippen molar-refractivity contribution >= 4 is 22.4 Å². The number of carboxylic acids is 1. The van der Waals surface area contributed by atoms with E-state index in [0.717, 1.165) is 35.1 Å². The minimum absolute atomic E-state index is 0.421. The summed E-state index contributed by atoms with van der Waals surface area (Å²) in [6.07, 6.45) is 5.99. The predicted molar refractivity (Wildman–Crippen MR) is 77.2 cm³/mol. The number of thiazole rings is 1. The molecule has 5 nitrogen and oxygen atoms in total. The van der Waals surface area contributed by atoms with Crippen LogP contribution < -0.4 is 5.32 Å². The zero-order valence-electron chi connectivity index (χ0n) is 10.9. The number of carbonyl (C=O) groups is 1. The maximum absolute atomic E-state index is 11.1. The summed E-state index contributed by atoms with van der Waals surface area (Å²) < 4.78 is 0. The van der Waals surface area contributed by atoms with Crippen LogP contribution in [0.25, 0.3) is 0 Å². The van der Waals surface area contributed by atoms with Gasteiger partial charge in [0.1, 0.15) is 5.92 Å². The lowest BCUT2D eigenvalue weighted by Gasteiger charge is -2.04. The van der Waals surface area contributed by atoms with Gasteiger partial charge in [0.25, 0.3) is 0 Å². The van der Waals surface area contributed by atoms with E-state index in [9.17, 15) is 4.79 Å². The Kier molecular flexibility index (Phi) is 3.64. The second kappa shape index (κ2) is 5.58. The van der Waals surface area contributed by atoms with Crippen molar-refractivity contribution in [1.29, 1.82) is 0 Å². The molecule has 20 heavy (non-hydrogen) atoms. The molecular weight excluding hydrogens is 274 g/mol. The lowest BCUT2D eigenvalue weighted by Crippen LogP contribution is -2.09. The first-order valence-electron chi connectivity index (χ1n) is 6.59. The van der Waals surface area contributed by atoms with Gasteiger partial charge in [0.2, 0.25) is 0 Å². The van der Waals surface area contributed by atoms with Gasteiger partial charge in [-0.1, -0.05) is 6.07 Å². The van der Waals surface area contributed by atoms with Crippen LogP contribution in [0.4, 0.5) is 5.13 Å². The fraction of sp³-hybridized carbons (Fsp3) is 0.357. The van der Waals surface area contributed by atoms with Gasteiger partial charge in [-0.25, -0.2) is 4.98 Å². The molecule has 0 saturated carbocycles. The van der Waals surface area contributed by atoms with Gasteiger partial charge in [0.05, 0.1) is 5.69 Å². The SMILES string of the molecule is O=C(O)C1CCc2sc(NCCc3cccnc3)nc21. The highest BCUT2D eigenvalue weighted by molar-refractivity contribution is 7.15. The zero-order valence-corrected chi connectivity index (χ0v) is 11.7. The molecule has 2 N–H and O–H groups in total. The molecule has 104 valence electrons. The first-order chi connectivity index (χ1) is 9.74. The number of rotatable bonds is 5. The van der Waals surface area contributed by atoms with Gasteiger partial charge in [-0.2, -0.15) is 0 Å². The van der Waals surface area contributed by atoms with Gasteiger partial charge >= 0.3 is 5.97 Å². The largest absolute Gasteiger partial charge is 0.481 e. The third-order valence-electron chi connectivity index (χ3n) is 3.43. The number of nitrogens with zero attached hydrogens (tertiary/aromatic N) is 2. The molecule has 0 spiro atoms. The van der Waals surface area contributed by atoms with Gasteiger partial charge < -0.3 is 10.4 Å². The smallest absolute Gasteiger partial charge is 0.312 e. The summed E-state index contributed by atoms with van der Waals surface area (Å²) in [6.45, 7) is 0.774. The number of fused-ring (bicyclic) bond motifs is 1. The van der Waals surface area contributed by atoms with E-state index in [-0.39, 0.29) is 0 Å². The third-order valence-corrected chi connectivity index (χ3v) is 4.52. The van der Waals surface area contributed by atoms with Crippen LogP contribution in [0.3, 0.4) is 0 Å². The highest BCUT2D eigenvalue weighted by atomic mass is 32.1. The minimum Gasteiger partial charge on any atom is -0.481 e. The molecule has 1 atom stereocenters. The summed E-state index contributed by atoms with van der Waals surface area (Å²) in [4.78, 5) is 20.7. The number of aliphatic carboxylic acids is 1. The molecule has 2 heterocycles. The lowest BCUT2D eigenvalue weighted by atomic mass is 10.1. The van der Waals surface area contributed by atoms with E-state index in [0.29, 0.717) is 6.42 Å². The first kappa shape index (κ1) is 13.1. The van der Waals surface area contributed by atoms with E-state index in [1.165, 1.54) is 5.56 Å². The molecule has 2 aromatic heterocycles. The Morgan fingerprint density at radius 2 is 2.45 bits per heavy atom. The van der Waals surface area contributed by atoms with Crippen LogP contribution in [0, 0.1) is 0 Å². The Morgan fingerprint density at radius 1 is 1.55 bits per heavy atom. The molecule has 0 saturated heterocycles. The van der Waals surface area contributed by atoms with Crippen molar-refractivity contribution in [3.63, 3.8) is 0 Å². The van der Waals surface area contributed by atoms with Crippen molar-refractivity contribution in [2.24, 2.45) is 0 Å². The predicted octanol–water partition coefficient (Wildman–Crippen LogP) is 2.31. The van der Waals surface area contributed by atoms with Crippen LogP contribution in [0.1, 0.15) is 28.5 Å². The second-order valence-electron chi connectivity index (χ2n) is 4.79. The van der Waals surface area contributed by atoms with Crippen molar-refractivity contribution in [2.75, 3.05) is 11.9 Å². The fourth-order valence-electron chi connectivity index (χ4n) is 2.40. The molecule has 0 bridgehead atoms. The number of hydrogen-bond acceptors (Lipinski definition) is 5. The molecule has 3 rings (SSSR count). The first-order valence-corrected chi connectivity index (χ1v) is 7.41. The Labute approximate surface area is 120 Å². The van der Waals surface area contributed by atoms with E-state index in [1.807, 2.05) is 18.3 Å². The number of aryl methyl sites for hydroxylation is 1. The number of anilines is 1.